The van der Waals surface area contributed by atoms with Crippen LogP contribution in [0, 0.1) is 0 Å². The summed E-state index contributed by atoms with van der Waals surface area (Å²) in [7, 11) is 0. The highest BCUT2D eigenvalue weighted by atomic mass is 16.4. The van der Waals surface area contributed by atoms with Crippen molar-refractivity contribution in [2.24, 2.45) is 0 Å². The number of nitrogens with one attached hydrogen (secondary N) is 1. The third kappa shape index (κ3) is 5.53. The van der Waals surface area contributed by atoms with Gasteiger partial charge in [0.15, 0.2) is 0 Å². The van der Waals surface area contributed by atoms with Crippen LogP contribution in [0.25, 0.3) is 10.9 Å². The van der Waals surface area contributed by atoms with Gasteiger partial charge in [-0.1, -0.05) is 18.2 Å². The first-order chi connectivity index (χ1) is 14.9. The van der Waals surface area contributed by atoms with Crippen molar-refractivity contribution in [2.45, 2.75) is 31.7 Å². The van der Waals surface area contributed by atoms with E-state index < -0.39 is 17.9 Å². The fraction of sp³-hybridized carbons (Fsp3) is 0.227. The number of aromatic nitrogens is 2. The number of aliphatic carboxylic acids is 1. The second-order valence-corrected chi connectivity index (χ2v) is 7.12. The molecule has 1 heterocycles. The number of nitrogens with two attached hydrogens (primary N) is 2. The molecule has 0 spiro atoms. The molecule has 3 aromatic rings. The molecular formula is C22H23N5O4. The van der Waals surface area contributed by atoms with Crippen molar-refractivity contribution in [1.29, 1.82) is 0 Å². The monoisotopic (exact) mass is 421 g/mol. The molecule has 0 radical (unpaired) electrons. The number of anilines is 2. The molecule has 0 bridgehead atoms. The van der Waals surface area contributed by atoms with E-state index >= 15 is 0 Å². The SMILES string of the molecule is Nc1nc(N)c2cc(CCc3ccc(C(=O)NC(CCC=O)C(=O)O)cc3)ccc2n1. The standard InChI is InChI=1S/C22H23N5O4/c23-19-16-12-14(7-10-17(16)26-22(24)27-19)4-3-13-5-8-15(9-6-13)20(29)25-18(21(30)31)2-1-11-28/h5-12,18H,1-4H2,(H,25,29)(H,30,31)(H4,23,24,26,27). The zero-order valence-corrected chi connectivity index (χ0v) is 16.7. The molecule has 0 fully saturated rings. The lowest BCUT2D eigenvalue weighted by atomic mass is 10.0. The van der Waals surface area contributed by atoms with Crippen LogP contribution in [0.4, 0.5) is 11.8 Å². The van der Waals surface area contributed by atoms with E-state index in [1.54, 1.807) is 12.1 Å². The summed E-state index contributed by atoms with van der Waals surface area (Å²) < 4.78 is 0. The summed E-state index contributed by atoms with van der Waals surface area (Å²) in [6.45, 7) is 0. The fourth-order valence-electron chi connectivity index (χ4n) is 3.22. The third-order valence-corrected chi connectivity index (χ3v) is 4.90. The van der Waals surface area contributed by atoms with E-state index in [0.29, 0.717) is 23.2 Å². The van der Waals surface area contributed by atoms with E-state index in [4.69, 9.17) is 16.6 Å². The number of aldehydes is 1. The molecule has 9 heteroatoms. The van der Waals surface area contributed by atoms with Crippen LogP contribution >= 0.6 is 0 Å². The van der Waals surface area contributed by atoms with Crippen LogP contribution in [0.3, 0.4) is 0 Å². The molecule has 3 rings (SSSR count). The number of aryl methyl sites for hydroxylation is 2. The van der Waals surface area contributed by atoms with Gasteiger partial charge in [-0.3, -0.25) is 4.79 Å². The quantitative estimate of drug-likeness (QED) is 0.380. The van der Waals surface area contributed by atoms with Gasteiger partial charge in [0.25, 0.3) is 5.91 Å². The first-order valence-corrected chi connectivity index (χ1v) is 9.75. The van der Waals surface area contributed by atoms with E-state index in [-0.39, 0.29) is 18.8 Å². The van der Waals surface area contributed by atoms with Crippen molar-refractivity contribution in [2.75, 3.05) is 11.5 Å². The Labute approximate surface area is 178 Å². The molecule has 1 aromatic heterocycles. The van der Waals surface area contributed by atoms with Crippen molar-refractivity contribution in [1.82, 2.24) is 15.3 Å². The summed E-state index contributed by atoms with van der Waals surface area (Å²) in [5.41, 5.74) is 14.7. The molecule has 31 heavy (non-hydrogen) atoms. The normalized spacial score (nSPS) is 11.7. The van der Waals surface area contributed by atoms with Crippen LogP contribution in [0.2, 0.25) is 0 Å². The summed E-state index contributed by atoms with van der Waals surface area (Å²) in [5, 5.41) is 12.4. The van der Waals surface area contributed by atoms with Gasteiger partial charge in [-0.2, -0.15) is 4.98 Å². The summed E-state index contributed by atoms with van der Waals surface area (Å²) in [4.78, 5) is 42.1. The molecule has 160 valence electrons. The van der Waals surface area contributed by atoms with E-state index in [9.17, 15) is 14.4 Å². The number of nitrogens with zero attached hydrogens (tertiary/aromatic N) is 2. The van der Waals surface area contributed by atoms with Crippen molar-refractivity contribution in [3.8, 4) is 0 Å². The first kappa shape index (κ1) is 21.7. The zero-order valence-electron chi connectivity index (χ0n) is 16.7. The Morgan fingerprint density at radius 1 is 1.03 bits per heavy atom. The average molecular weight is 421 g/mol. The highest BCUT2D eigenvalue weighted by Gasteiger charge is 2.20. The second kappa shape index (κ2) is 9.66. The molecule has 0 saturated heterocycles. The summed E-state index contributed by atoms with van der Waals surface area (Å²) in [6, 6.07) is 11.6. The molecule has 1 amide bonds. The number of carbonyl (C=O) groups excluding carboxylic acids is 2. The molecule has 0 aliphatic heterocycles. The number of benzene rings is 2. The minimum Gasteiger partial charge on any atom is -0.480 e. The van der Waals surface area contributed by atoms with Crippen LogP contribution in [0.1, 0.15) is 34.3 Å². The Hall–Kier alpha value is -4.01. The Morgan fingerprint density at radius 2 is 1.71 bits per heavy atom. The van der Waals surface area contributed by atoms with Gasteiger partial charge in [0.05, 0.1) is 5.52 Å². The number of rotatable bonds is 9. The summed E-state index contributed by atoms with van der Waals surface area (Å²) in [5.74, 6) is -1.18. The van der Waals surface area contributed by atoms with Crippen LogP contribution in [0.5, 0.6) is 0 Å². The van der Waals surface area contributed by atoms with Gasteiger partial charge >= 0.3 is 5.97 Å². The highest BCUT2D eigenvalue weighted by molar-refractivity contribution is 5.96. The fourth-order valence-corrected chi connectivity index (χ4v) is 3.22. The second-order valence-electron chi connectivity index (χ2n) is 7.12. The lowest BCUT2D eigenvalue weighted by molar-refractivity contribution is -0.139. The predicted molar refractivity (Wildman–Crippen MR) is 116 cm³/mol. The molecular weight excluding hydrogens is 398 g/mol. The highest BCUT2D eigenvalue weighted by Crippen LogP contribution is 2.21. The number of carbonyl (C=O) groups is 3. The number of fused-ring (bicyclic) bond motifs is 1. The molecule has 2 aromatic carbocycles. The third-order valence-electron chi connectivity index (χ3n) is 4.90. The number of hydrogen-bond donors (Lipinski definition) is 4. The van der Waals surface area contributed by atoms with Crippen LogP contribution in [-0.4, -0.2) is 39.3 Å². The molecule has 1 unspecified atom stereocenters. The number of nitrogen functional groups attached to an aromatic ring is 2. The zero-order chi connectivity index (χ0) is 22.4. The largest absolute Gasteiger partial charge is 0.480 e. The first-order valence-electron chi connectivity index (χ1n) is 9.75. The van der Waals surface area contributed by atoms with E-state index in [1.165, 1.54) is 0 Å². The van der Waals surface area contributed by atoms with Gasteiger partial charge in [0.2, 0.25) is 5.95 Å². The molecule has 0 aliphatic carbocycles. The van der Waals surface area contributed by atoms with Crippen molar-refractivity contribution in [3.05, 3.63) is 59.2 Å². The predicted octanol–water partition coefficient (Wildman–Crippen LogP) is 1.74. The molecule has 6 N–H and O–H groups in total. The smallest absolute Gasteiger partial charge is 0.326 e. The summed E-state index contributed by atoms with van der Waals surface area (Å²) in [6.07, 6.45) is 2.23. The maximum absolute atomic E-state index is 12.3. The van der Waals surface area contributed by atoms with Gasteiger partial charge in [0, 0.05) is 17.4 Å². The Bertz CT molecular complexity index is 1110. The number of carboxylic acids is 1. The molecule has 0 aliphatic rings. The van der Waals surface area contributed by atoms with Crippen molar-refractivity contribution in [3.63, 3.8) is 0 Å². The number of amides is 1. The van der Waals surface area contributed by atoms with Crippen LogP contribution in [-0.2, 0) is 22.4 Å². The lowest BCUT2D eigenvalue weighted by Crippen LogP contribution is -2.40. The minimum atomic E-state index is -1.17. The van der Waals surface area contributed by atoms with Crippen molar-refractivity contribution >= 4 is 40.8 Å². The number of carboxylic acid groups (broad SMARTS) is 1. The van der Waals surface area contributed by atoms with Gasteiger partial charge in [0.1, 0.15) is 18.1 Å². The van der Waals surface area contributed by atoms with Crippen LogP contribution < -0.4 is 16.8 Å². The topological polar surface area (TPSA) is 161 Å². The van der Waals surface area contributed by atoms with E-state index in [1.807, 2.05) is 30.3 Å². The number of hydrogen-bond acceptors (Lipinski definition) is 7. The molecule has 0 saturated carbocycles. The molecule has 9 nitrogen and oxygen atoms in total. The average Bonchev–Trinajstić information content (AvgIpc) is 2.75. The maximum Gasteiger partial charge on any atom is 0.326 e. The van der Waals surface area contributed by atoms with Gasteiger partial charge in [-0.25, -0.2) is 9.78 Å². The summed E-state index contributed by atoms with van der Waals surface area (Å²) >= 11 is 0. The van der Waals surface area contributed by atoms with Gasteiger partial charge in [-0.15, -0.1) is 0 Å². The Morgan fingerprint density at radius 3 is 2.39 bits per heavy atom. The Kier molecular flexibility index (Phi) is 6.76. The van der Waals surface area contributed by atoms with E-state index in [2.05, 4.69) is 15.3 Å². The van der Waals surface area contributed by atoms with Gasteiger partial charge in [-0.05, 0) is 54.7 Å². The maximum atomic E-state index is 12.3. The van der Waals surface area contributed by atoms with Crippen molar-refractivity contribution < 1.29 is 19.5 Å². The minimum absolute atomic E-state index is 0.0521. The van der Waals surface area contributed by atoms with Crippen LogP contribution in [0.15, 0.2) is 42.5 Å². The lowest BCUT2D eigenvalue weighted by Gasteiger charge is -2.13. The van der Waals surface area contributed by atoms with Gasteiger partial charge < -0.3 is 26.7 Å². The molecule has 1 atom stereocenters. The Balaban J connectivity index is 1.63. The van der Waals surface area contributed by atoms with E-state index in [0.717, 1.165) is 29.4 Å².